The van der Waals surface area contributed by atoms with E-state index in [1.807, 2.05) is 30.3 Å². The summed E-state index contributed by atoms with van der Waals surface area (Å²) < 4.78 is 5.82. The second-order valence-corrected chi connectivity index (χ2v) is 9.87. The number of nitrogens with one attached hydrogen (secondary N) is 2. The Kier molecular flexibility index (Phi) is 7.79. The summed E-state index contributed by atoms with van der Waals surface area (Å²) in [4.78, 5) is 52.4. The van der Waals surface area contributed by atoms with E-state index in [0.29, 0.717) is 30.0 Å². The number of benzene rings is 3. The highest BCUT2D eigenvalue weighted by Crippen LogP contribution is 2.28. The lowest BCUT2D eigenvalue weighted by atomic mass is 10.0. The van der Waals surface area contributed by atoms with Gasteiger partial charge in [0.2, 0.25) is 11.8 Å². The Morgan fingerprint density at radius 1 is 1.02 bits per heavy atom. The van der Waals surface area contributed by atoms with E-state index < -0.39 is 11.9 Å². The zero-order valence-electron chi connectivity index (χ0n) is 22.1. The average molecular weight is 543 g/mol. The van der Waals surface area contributed by atoms with Crippen molar-refractivity contribution < 1.29 is 29.0 Å². The van der Waals surface area contributed by atoms with Gasteiger partial charge in [0, 0.05) is 37.8 Å². The van der Waals surface area contributed by atoms with E-state index in [4.69, 9.17) is 9.84 Å². The van der Waals surface area contributed by atoms with Gasteiger partial charge in [0.25, 0.3) is 5.91 Å². The molecule has 0 aromatic heterocycles. The van der Waals surface area contributed by atoms with Crippen LogP contribution in [0.1, 0.15) is 45.5 Å². The summed E-state index contributed by atoms with van der Waals surface area (Å²) in [6, 6.07) is 19.1. The fourth-order valence-electron chi connectivity index (χ4n) is 4.82. The first-order chi connectivity index (χ1) is 19.3. The standard InChI is InChI=1S/C30H30N4O6/c1-33(23-7-9-24(10-8-23)40-18-20-4-2-19(17-35)3-5-20)30(39)31-15-21-6-11-25-22(14-21)16-34(29(25)38)26-12-13-27(36)32-28(26)37/h2-11,14,26,35H,12-13,15-18H2,1H3,(H,31,39)(H,32,36,37). The molecule has 0 bridgehead atoms. The first-order valence-electron chi connectivity index (χ1n) is 13.0. The van der Waals surface area contributed by atoms with Gasteiger partial charge in [-0.05, 0) is 59.0 Å². The van der Waals surface area contributed by atoms with E-state index in [1.54, 1.807) is 43.4 Å². The van der Waals surface area contributed by atoms with Crippen LogP contribution < -0.4 is 20.3 Å². The monoisotopic (exact) mass is 542 g/mol. The molecule has 3 aromatic rings. The lowest BCUT2D eigenvalue weighted by Gasteiger charge is -2.29. The molecular weight excluding hydrogens is 512 g/mol. The summed E-state index contributed by atoms with van der Waals surface area (Å²) in [5.74, 6) is -0.324. The molecule has 3 aromatic carbocycles. The van der Waals surface area contributed by atoms with Gasteiger partial charge in [-0.1, -0.05) is 36.4 Å². The summed E-state index contributed by atoms with van der Waals surface area (Å²) in [6.45, 7) is 0.937. The molecule has 2 aliphatic heterocycles. The van der Waals surface area contributed by atoms with Crippen molar-refractivity contribution in [2.24, 2.45) is 0 Å². The van der Waals surface area contributed by atoms with E-state index >= 15 is 0 Å². The second-order valence-electron chi connectivity index (χ2n) is 9.87. The van der Waals surface area contributed by atoms with E-state index in [2.05, 4.69) is 10.6 Å². The highest BCUT2D eigenvalue weighted by Gasteiger charge is 2.39. The second kappa shape index (κ2) is 11.6. The van der Waals surface area contributed by atoms with E-state index in [0.717, 1.165) is 22.3 Å². The third-order valence-corrected chi connectivity index (χ3v) is 7.17. The predicted octanol–water partition coefficient (Wildman–Crippen LogP) is 2.86. The quantitative estimate of drug-likeness (QED) is 0.376. The number of ether oxygens (including phenoxy) is 1. The molecule has 2 heterocycles. The van der Waals surface area contributed by atoms with Gasteiger partial charge in [0.05, 0.1) is 6.61 Å². The maximum atomic E-state index is 12.9. The highest BCUT2D eigenvalue weighted by molar-refractivity contribution is 6.05. The number of amides is 5. The zero-order valence-corrected chi connectivity index (χ0v) is 22.1. The molecule has 40 heavy (non-hydrogen) atoms. The summed E-state index contributed by atoms with van der Waals surface area (Å²) >= 11 is 0. The van der Waals surface area contributed by atoms with Crippen LogP contribution in [-0.2, 0) is 35.9 Å². The van der Waals surface area contributed by atoms with Gasteiger partial charge in [-0.3, -0.25) is 24.6 Å². The number of rotatable bonds is 8. The molecule has 5 amide bonds. The number of fused-ring (bicyclic) bond motifs is 1. The molecule has 1 fully saturated rings. The van der Waals surface area contributed by atoms with Crippen LogP contribution >= 0.6 is 0 Å². The average Bonchev–Trinajstić information content (AvgIpc) is 3.30. The minimum absolute atomic E-state index is 0.00322. The number of hydrogen-bond acceptors (Lipinski definition) is 6. The van der Waals surface area contributed by atoms with Crippen molar-refractivity contribution in [1.82, 2.24) is 15.5 Å². The number of carbonyl (C=O) groups is 4. The van der Waals surface area contributed by atoms with Gasteiger partial charge >= 0.3 is 6.03 Å². The number of aliphatic hydroxyl groups is 1. The molecule has 1 saturated heterocycles. The first-order valence-corrected chi connectivity index (χ1v) is 13.0. The molecule has 206 valence electrons. The maximum Gasteiger partial charge on any atom is 0.321 e. The largest absolute Gasteiger partial charge is 0.489 e. The van der Waals surface area contributed by atoms with Crippen molar-refractivity contribution in [3.8, 4) is 5.75 Å². The predicted molar refractivity (Wildman–Crippen MR) is 146 cm³/mol. The number of piperidine rings is 1. The third kappa shape index (κ3) is 5.81. The SMILES string of the molecule is CN(C(=O)NCc1ccc2c(c1)CN(C1CCC(=O)NC1=O)C2=O)c1ccc(OCc2ccc(CO)cc2)cc1. The van der Waals surface area contributed by atoms with Crippen molar-refractivity contribution in [3.63, 3.8) is 0 Å². The number of hydrogen-bond donors (Lipinski definition) is 3. The van der Waals surface area contributed by atoms with Crippen LogP contribution in [0.25, 0.3) is 0 Å². The normalized spacial score (nSPS) is 16.4. The maximum absolute atomic E-state index is 12.9. The summed E-state index contributed by atoms with van der Waals surface area (Å²) in [5.41, 5.74) is 4.66. The number of imide groups is 1. The van der Waals surface area contributed by atoms with Crippen LogP contribution in [0.2, 0.25) is 0 Å². The van der Waals surface area contributed by atoms with Crippen molar-refractivity contribution in [2.75, 3.05) is 11.9 Å². The molecule has 0 spiro atoms. The van der Waals surface area contributed by atoms with Crippen molar-refractivity contribution >= 4 is 29.4 Å². The van der Waals surface area contributed by atoms with Gasteiger partial charge in [-0.2, -0.15) is 0 Å². The first kappa shape index (κ1) is 26.9. The summed E-state index contributed by atoms with van der Waals surface area (Å²) in [6.07, 6.45) is 0.517. The number of nitrogens with zero attached hydrogens (tertiary/aromatic N) is 2. The summed E-state index contributed by atoms with van der Waals surface area (Å²) in [7, 11) is 1.67. The Hall–Kier alpha value is -4.70. The molecule has 1 atom stereocenters. The van der Waals surface area contributed by atoms with E-state index in [-0.39, 0.29) is 44.0 Å². The Labute approximate surface area is 231 Å². The van der Waals surface area contributed by atoms with Crippen LogP contribution in [0.4, 0.5) is 10.5 Å². The van der Waals surface area contributed by atoms with Crippen LogP contribution in [0.5, 0.6) is 5.75 Å². The molecule has 2 aliphatic rings. The Balaban J connectivity index is 1.13. The molecule has 10 heteroatoms. The van der Waals surface area contributed by atoms with Crippen LogP contribution in [0.3, 0.4) is 0 Å². The van der Waals surface area contributed by atoms with E-state index in [9.17, 15) is 19.2 Å². The molecule has 5 rings (SSSR count). The minimum Gasteiger partial charge on any atom is -0.489 e. The van der Waals surface area contributed by atoms with Crippen LogP contribution in [0.15, 0.2) is 66.7 Å². The highest BCUT2D eigenvalue weighted by atomic mass is 16.5. The van der Waals surface area contributed by atoms with Gasteiger partial charge in [0.15, 0.2) is 0 Å². The molecule has 10 nitrogen and oxygen atoms in total. The fraction of sp³-hybridized carbons (Fsp3) is 0.267. The number of anilines is 1. The molecule has 0 radical (unpaired) electrons. The number of carbonyl (C=O) groups excluding carboxylic acids is 4. The van der Waals surface area contributed by atoms with Crippen molar-refractivity contribution in [3.05, 3.63) is 94.5 Å². The molecular formula is C30H30N4O6. The van der Waals surface area contributed by atoms with Gasteiger partial charge in [0.1, 0.15) is 18.4 Å². The molecule has 0 saturated carbocycles. The van der Waals surface area contributed by atoms with Gasteiger partial charge < -0.3 is 20.1 Å². The lowest BCUT2D eigenvalue weighted by Crippen LogP contribution is -2.52. The van der Waals surface area contributed by atoms with Gasteiger partial charge in [-0.15, -0.1) is 0 Å². The molecule has 0 aliphatic carbocycles. The van der Waals surface area contributed by atoms with Crippen molar-refractivity contribution in [2.45, 2.75) is 45.2 Å². The molecule has 1 unspecified atom stereocenters. The Morgan fingerprint density at radius 2 is 1.73 bits per heavy atom. The summed E-state index contributed by atoms with van der Waals surface area (Å²) in [5, 5.41) is 14.3. The third-order valence-electron chi connectivity index (χ3n) is 7.17. The lowest BCUT2D eigenvalue weighted by molar-refractivity contribution is -0.136. The molecule has 3 N–H and O–H groups in total. The topological polar surface area (TPSA) is 128 Å². The zero-order chi connectivity index (χ0) is 28.2. The smallest absolute Gasteiger partial charge is 0.321 e. The van der Waals surface area contributed by atoms with Gasteiger partial charge in [-0.25, -0.2) is 4.79 Å². The fourth-order valence-corrected chi connectivity index (χ4v) is 4.82. The van der Waals surface area contributed by atoms with E-state index in [1.165, 1.54) is 9.80 Å². The number of urea groups is 1. The Bertz CT molecular complexity index is 1440. The Morgan fingerprint density at radius 3 is 2.42 bits per heavy atom. The van der Waals surface area contributed by atoms with Crippen LogP contribution in [0, 0.1) is 0 Å². The van der Waals surface area contributed by atoms with Crippen LogP contribution in [-0.4, -0.2) is 46.8 Å². The minimum atomic E-state index is -0.662. The number of aliphatic hydroxyl groups excluding tert-OH is 1. The van der Waals surface area contributed by atoms with Crippen molar-refractivity contribution in [1.29, 1.82) is 0 Å².